The maximum absolute atomic E-state index is 11.8. The lowest BCUT2D eigenvalue weighted by Gasteiger charge is -2.26. The van der Waals surface area contributed by atoms with E-state index in [-0.39, 0.29) is 18.4 Å². The standard InChI is InChI=1S/C17H19N3O3S/c1-4-5-14(21)18-17-19-16(10(2)24-17)11-6-7-13-12(8-11)20(3)15(22)9-23-13/h6-8H,4-5,9H2,1-3H3,(H,18,19,21). The van der Waals surface area contributed by atoms with Gasteiger partial charge in [0.2, 0.25) is 5.91 Å². The summed E-state index contributed by atoms with van der Waals surface area (Å²) in [6, 6.07) is 5.66. The Hall–Kier alpha value is -2.41. The van der Waals surface area contributed by atoms with Gasteiger partial charge < -0.3 is 15.0 Å². The number of carbonyl (C=O) groups is 2. The van der Waals surface area contributed by atoms with E-state index in [1.807, 2.05) is 32.0 Å². The van der Waals surface area contributed by atoms with Crippen LogP contribution in [-0.2, 0) is 9.59 Å². The number of amides is 2. The first-order chi connectivity index (χ1) is 11.5. The predicted octanol–water partition coefficient (Wildman–Crippen LogP) is 3.21. The molecule has 0 fully saturated rings. The third-order valence-electron chi connectivity index (χ3n) is 3.84. The summed E-state index contributed by atoms with van der Waals surface area (Å²) in [7, 11) is 1.73. The van der Waals surface area contributed by atoms with Crippen molar-refractivity contribution in [3.63, 3.8) is 0 Å². The number of anilines is 2. The van der Waals surface area contributed by atoms with Gasteiger partial charge in [0.15, 0.2) is 11.7 Å². The van der Waals surface area contributed by atoms with Crippen molar-refractivity contribution in [1.29, 1.82) is 0 Å². The Morgan fingerprint density at radius 3 is 3.00 bits per heavy atom. The molecule has 2 amide bonds. The lowest BCUT2D eigenvalue weighted by Crippen LogP contribution is -2.35. The Morgan fingerprint density at radius 2 is 2.25 bits per heavy atom. The Kier molecular flexibility index (Phi) is 4.53. The highest BCUT2D eigenvalue weighted by atomic mass is 32.1. The minimum Gasteiger partial charge on any atom is -0.482 e. The highest BCUT2D eigenvalue weighted by Gasteiger charge is 2.23. The molecular formula is C17H19N3O3S. The van der Waals surface area contributed by atoms with Gasteiger partial charge in [-0.15, -0.1) is 11.3 Å². The van der Waals surface area contributed by atoms with Crippen LogP contribution in [0.3, 0.4) is 0 Å². The predicted molar refractivity (Wildman–Crippen MR) is 94.7 cm³/mol. The van der Waals surface area contributed by atoms with Gasteiger partial charge in [-0.3, -0.25) is 9.59 Å². The van der Waals surface area contributed by atoms with Crippen LogP contribution in [0.15, 0.2) is 18.2 Å². The van der Waals surface area contributed by atoms with Gasteiger partial charge in [-0.1, -0.05) is 6.92 Å². The van der Waals surface area contributed by atoms with E-state index in [1.54, 1.807) is 11.9 Å². The van der Waals surface area contributed by atoms with Crippen LogP contribution in [0.4, 0.5) is 10.8 Å². The molecular weight excluding hydrogens is 326 g/mol. The molecule has 0 aliphatic carbocycles. The first-order valence-electron chi connectivity index (χ1n) is 7.80. The van der Waals surface area contributed by atoms with Crippen LogP contribution in [-0.4, -0.2) is 30.5 Å². The average Bonchev–Trinajstić information content (AvgIpc) is 2.91. The van der Waals surface area contributed by atoms with E-state index < -0.39 is 0 Å². The van der Waals surface area contributed by atoms with Crippen molar-refractivity contribution in [2.45, 2.75) is 26.7 Å². The molecule has 0 atom stereocenters. The summed E-state index contributed by atoms with van der Waals surface area (Å²) in [5.74, 6) is 0.578. The van der Waals surface area contributed by atoms with Gasteiger partial charge in [0.1, 0.15) is 5.75 Å². The number of likely N-dealkylation sites (N-methyl/N-ethyl adjacent to an activating group) is 1. The van der Waals surface area contributed by atoms with Crippen molar-refractivity contribution < 1.29 is 14.3 Å². The second-order valence-electron chi connectivity index (χ2n) is 5.65. The van der Waals surface area contributed by atoms with Gasteiger partial charge in [-0.25, -0.2) is 4.98 Å². The zero-order chi connectivity index (χ0) is 17.3. The Morgan fingerprint density at radius 1 is 1.46 bits per heavy atom. The molecule has 126 valence electrons. The SMILES string of the molecule is CCCC(=O)Nc1nc(-c2ccc3c(c2)N(C)C(=O)CO3)c(C)s1. The number of thiazole rings is 1. The lowest BCUT2D eigenvalue weighted by molar-refractivity contribution is -0.121. The summed E-state index contributed by atoms with van der Waals surface area (Å²) < 4.78 is 5.45. The van der Waals surface area contributed by atoms with Crippen molar-refractivity contribution >= 4 is 34.0 Å². The van der Waals surface area contributed by atoms with Crippen LogP contribution in [0.5, 0.6) is 5.75 Å². The molecule has 0 saturated carbocycles. The monoisotopic (exact) mass is 345 g/mol. The topological polar surface area (TPSA) is 71.5 Å². The zero-order valence-corrected chi connectivity index (χ0v) is 14.7. The number of hydrogen-bond donors (Lipinski definition) is 1. The van der Waals surface area contributed by atoms with E-state index in [2.05, 4.69) is 10.3 Å². The molecule has 0 spiro atoms. The first kappa shape index (κ1) is 16.4. The van der Waals surface area contributed by atoms with Crippen molar-refractivity contribution in [3.05, 3.63) is 23.1 Å². The number of hydrogen-bond acceptors (Lipinski definition) is 5. The fourth-order valence-electron chi connectivity index (χ4n) is 2.55. The van der Waals surface area contributed by atoms with Crippen LogP contribution < -0.4 is 15.0 Å². The highest BCUT2D eigenvalue weighted by Crippen LogP contribution is 2.37. The van der Waals surface area contributed by atoms with Gasteiger partial charge in [0, 0.05) is 23.9 Å². The summed E-state index contributed by atoms with van der Waals surface area (Å²) in [5.41, 5.74) is 2.43. The molecule has 1 aliphatic heterocycles. The van der Waals surface area contributed by atoms with Crippen molar-refractivity contribution in [2.24, 2.45) is 0 Å². The molecule has 6 nitrogen and oxygen atoms in total. The van der Waals surface area contributed by atoms with Gasteiger partial charge in [-0.05, 0) is 31.5 Å². The first-order valence-corrected chi connectivity index (χ1v) is 8.62. The van der Waals surface area contributed by atoms with E-state index >= 15 is 0 Å². The zero-order valence-electron chi connectivity index (χ0n) is 13.9. The molecule has 0 unspecified atom stereocenters. The molecule has 1 aromatic heterocycles. The highest BCUT2D eigenvalue weighted by molar-refractivity contribution is 7.16. The molecule has 24 heavy (non-hydrogen) atoms. The molecule has 3 rings (SSSR count). The van der Waals surface area contributed by atoms with Crippen molar-refractivity contribution in [2.75, 3.05) is 23.9 Å². The van der Waals surface area contributed by atoms with Crippen LogP contribution in [0.1, 0.15) is 24.6 Å². The van der Waals surface area contributed by atoms with E-state index in [0.717, 1.165) is 28.2 Å². The summed E-state index contributed by atoms with van der Waals surface area (Å²) in [5, 5.41) is 3.43. The number of carbonyl (C=O) groups excluding carboxylic acids is 2. The quantitative estimate of drug-likeness (QED) is 0.923. The van der Waals surface area contributed by atoms with E-state index in [0.29, 0.717) is 17.3 Å². The number of aryl methyl sites for hydroxylation is 1. The third-order valence-corrected chi connectivity index (χ3v) is 4.73. The summed E-state index contributed by atoms with van der Waals surface area (Å²) in [4.78, 5) is 30.7. The summed E-state index contributed by atoms with van der Waals surface area (Å²) in [6.07, 6.45) is 1.28. The molecule has 0 saturated heterocycles. The van der Waals surface area contributed by atoms with Gasteiger partial charge in [0.05, 0.1) is 11.4 Å². The summed E-state index contributed by atoms with van der Waals surface area (Å²) >= 11 is 1.45. The van der Waals surface area contributed by atoms with Crippen LogP contribution in [0.25, 0.3) is 11.3 Å². The Balaban J connectivity index is 1.91. The lowest BCUT2D eigenvalue weighted by atomic mass is 10.1. The summed E-state index contributed by atoms with van der Waals surface area (Å²) in [6.45, 7) is 3.99. The van der Waals surface area contributed by atoms with Gasteiger partial charge in [-0.2, -0.15) is 0 Å². The van der Waals surface area contributed by atoms with E-state index in [9.17, 15) is 9.59 Å². The molecule has 0 bridgehead atoms. The molecule has 7 heteroatoms. The number of ether oxygens (including phenoxy) is 1. The normalized spacial score (nSPS) is 13.5. The molecule has 1 aliphatic rings. The van der Waals surface area contributed by atoms with Crippen molar-refractivity contribution in [3.8, 4) is 17.0 Å². The molecule has 2 aromatic rings. The fourth-order valence-corrected chi connectivity index (χ4v) is 3.40. The van der Waals surface area contributed by atoms with E-state index in [4.69, 9.17) is 4.74 Å². The number of aromatic nitrogens is 1. The number of nitrogens with zero attached hydrogens (tertiary/aromatic N) is 2. The largest absolute Gasteiger partial charge is 0.482 e. The maximum Gasteiger partial charge on any atom is 0.264 e. The van der Waals surface area contributed by atoms with Crippen LogP contribution in [0, 0.1) is 6.92 Å². The molecule has 1 aromatic carbocycles. The van der Waals surface area contributed by atoms with Crippen molar-refractivity contribution in [1.82, 2.24) is 4.98 Å². The second kappa shape index (κ2) is 6.60. The third kappa shape index (κ3) is 3.12. The minimum absolute atomic E-state index is 0.0260. The average molecular weight is 345 g/mol. The van der Waals surface area contributed by atoms with Gasteiger partial charge in [0.25, 0.3) is 5.91 Å². The second-order valence-corrected chi connectivity index (χ2v) is 6.85. The number of benzene rings is 1. The smallest absolute Gasteiger partial charge is 0.264 e. The van der Waals surface area contributed by atoms with Crippen LogP contribution >= 0.6 is 11.3 Å². The Labute approximate surface area is 144 Å². The maximum atomic E-state index is 11.8. The number of fused-ring (bicyclic) bond motifs is 1. The fraction of sp³-hybridized carbons (Fsp3) is 0.353. The Bertz CT molecular complexity index is 800. The van der Waals surface area contributed by atoms with Gasteiger partial charge >= 0.3 is 0 Å². The van der Waals surface area contributed by atoms with E-state index in [1.165, 1.54) is 11.3 Å². The molecule has 2 heterocycles. The minimum atomic E-state index is -0.0813. The van der Waals surface area contributed by atoms with Crippen LogP contribution in [0.2, 0.25) is 0 Å². The number of nitrogens with one attached hydrogen (secondary N) is 1. The molecule has 0 radical (unpaired) electrons. The number of rotatable bonds is 4. The molecule has 1 N–H and O–H groups in total.